The fourth-order valence-corrected chi connectivity index (χ4v) is 3.00. The molecule has 114 valence electrons. The van der Waals surface area contributed by atoms with Crippen LogP contribution in [0.4, 0.5) is 0 Å². The van der Waals surface area contributed by atoms with Crippen LogP contribution in [0.5, 0.6) is 0 Å². The molecule has 0 atom stereocenters. The van der Waals surface area contributed by atoms with Crippen LogP contribution in [-0.4, -0.2) is 29.0 Å². The molecule has 0 saturated carbocycles. The van der Waals surface area contributed by atoms with Gasteiger partial charge in [0.05, 0.1) is 0 Å². The van der Waals surface area contributed by atoms with Crippen molar-refractivity contribution in [3.8, 4) is 0 Å². The Labute approximate surface area is 135 Å². The highest BCUT2D eigenvalue weighted by atomic mass is 79.9. The number of unbranched alkanes of at least 4 members (excludes halogenated alkanes) is 3. The number of carbonyl (C=O) groups excluding carboxylic acids is 1. The van der Waals surface area contributed by atoms with Crippen LogP contribution in [0.1, 0.15) is 56.1 Å². The number of thioether (sulfide) groups is 1. The first kappa shape index (κ1) is 17.6. The highest BCUT2D eigenvalue weighted by Gasteiger charge is 2.14. The average molecular weight is 361 g/mol. The summed E-state index contributed by atoms with van der Waals surface area (Å²) in [5, 5.41) is 3.01. The molecule has 1 aromatic rings. The molecule has 1 N–H and O–H groups in total. The van der Waals surface area contributed by atoms with Gasteiger partial charge in [0, 0.05) is 23.3 Å². The van der Waals surface area contributed by atoms with E-state index in [1.807, 2.05) is 28.6 Å². The predicted octanol–water partition coefficient (Wildman–Crippen LogP) is 4.48. The zero-order valence-electron chi connectivity index (χ0n) is 12.6. The molecule has 0 aliphatic rings. The van der Waals surface area contributed by atoms with E-state index >= 15 is 0 Å². The zero-order valence-corrected chi connectivity index (χ0v) is 15.0. The van der Waals surface area contributed by atoms with Gasteiger partial charge in [0.15, 0.2) is 0 Å². The summed E-state index contributed by atoms with van der Waals surface area (Å²) < 4.78 is 2.95. The molecule has 1 heterocycles. The Morgan fingerprint density at radius 2 is 2.05 bits per heavy atom. The van der Waals surface area contributed by atoms with E-state index in [4.69, 9.17) is 0 Å². The van der Waals surface area contributed by atoms with E-state index in [-0.39, 0.29) is 11.9 Å². The van der Waals surface area contributed by atoms with Gasteiger partial charge >= 0.3 is 0 Å². The second-order valence-electron chi connectivity index (χ2n) is 5.21. The minimum Gasteiger partial charge on any atom is -0.351 e. The van der Waals surface area contributed by atoms with Gasteiger partial charge in [0.1, 0.15) is 5.69 Å². The van der Waals surface area contributed by atoms with Gasteiger partial charge in [0.25, 0.3) is 5.91 Å². The lowest BCUT2D eigenvalue weighted by molar-refractivity contribution is 0.0942. The molecule has 1 amide bonds. The normalized spacial score (nSPS) is 11.1. The van der Waals surface area contributed by atoms with Crippen molar-refractivity contribution in [2.75, 3.05) is 18.6 Å². The van der Waals surface area contributed by atoms with Crippen molar-refractivity contribution in [3.63, 3.8) is 0 Å². The minimum atomic E-state index is 0.0218. The first-order chi connectivity index (χ1) is 9.56. The van der Waals surface area contributed by atoms with Crippen LogP contribution < -0.4 is 5.32 Å². The number of aromatic nitrogens is 1. The number of halogens is 1. The molecular formula is C15H25BrN2OS. The van der Waals surface area contributed by atoms with E-state index in [9.17, 15) is 4.79 Å². The van der Waals surface area contributed by atoms with Crippen molar-refractivity contribution in [2.24, 2.45) is 0 Å². The molecule has 0 unspecified atom stereocenters. The molecule has 0 radical (unpaired) electrons. The Morgan fingerprint density at radius 1 is 1.35 bits per heavy atom. The maximum atomic E-state index is 12.2. The fraction of sp³-hybridized carbons (Fsp3) is 0.667. The molecule has 1 rings (SSSR count). The van der Waals surface area contributed by atoms with Crippen molar-refractivity contribution < 1.29 is 4.79 Å². The van der Waals surface area contributed by atoms with Crippen LogP contribution in [-0.2, 0) is 0 Å². The van der Waals surface area contributed by atoms with Crippen LogP contribution in [0.15, 0.2) is 16.7 Å². The van der Waals surface area contributed by atoms with Gasteiger partial charge in [-0.3, -0.25) is 4.79 Å². The molecule has 1 aromatic heterocycles. The lowest BCUT2D eigenvalue weighted by atomic mass is 10.2. The maximum absolute atomic E-state index is 12.2. The van der Waals surface area contributed by atoms with Gasteiger partial charge in [-0.05, 0) is 60.7 Å². The van der Waals surface area contributed by atoms with Crippen molar-refractivity contribution in [1.82, 2.24) is 9.88 Å². The molecule has 20 heavy (non-hydrogen) atoms. The number of hydrogen-bond acceptors (Lipinski definition) is 2. The van der Waals surface area contributed by atoms with Crippen LogP contribution in [0, 0.1) is 0 Å². The largest absolute Gasteiger partial charge is 0.351 e. The summed E-state index contributed by atoms with van der Waals surface area (Å²) in [6, 6.07) is 2.17. The standard InChI is InChI=1S/C15H25BrN2OS/c1-12(2)18-11-13(16)10-14(18)15(19)17-8-6-4-5-7-9-20-3/h10-12H,4-9H2,1-3H3,(H,17,19). The third-order valence-corrected chi connectivity index (χ3v) is 4.30. The minimum absolute atomic E-state index is 0.0218. The van der Waals surface area contributed by atoms with Crippen molar-refractivity contribution in [1.29, 1.82) is 0 Å². The molecule has 0 aliphatic heterocycles. The van der Waals surface area contributed by atoms with Crippen LogP contribution in [0.3, 0.4) is 0 Å². The molecule has 0 spiro atoms. The SMILES string of the molecule is CSCCCCCCNC(=O)c1cc(Br)cn1C(C)C. The summed E-state index contributed by atoms with van der Waals surface area (Å²) in [5.41, 5.74) is 0.731. The molecule has 0 fully saturated rings. The van der Waals surface area contributed by atoms with E-state index in [1.54, 1.807) is 0 Å². The van der Waals surface area contributed by atoms with E-state index < -0.39 is 0 Å². The quantitative estimate of drug-likeness (QED) is 0.658. The van der Waals surface area contributed by atoms with Crippen molar-refractivity contribution >= 4 is 33.6 Å². The lowest BCUT2D eigenvalue weighted by Crippen LogP contribution is -2.27. The van der Waals surface area contributed by atoms with Crippen LogP contribution in [0.2, 0.25) is 0 Å². The summed E-state index contributed by atoms with van der Waals surface area (Å²) >= 11 is 5.33. The van der Waals surface area contributed by atoms with Gasteiger partial charge in [-0.2, -0.15) is 11.8 Å². The Bertz CT molecular complexity index is 418. The van der Waals surface area contributed by atoms with E-state index in [1.165, 1.54) is 25.0 Å². The Kier molecular flexibility index (Phi) is 8.38. The fourth-order valence-electron chi connectivity index (χ4n) is 2.07. The van der Waals surface area contributed by atoms with Gasteiger partial charge in [-0.1, -0.05) is 12.8 Å². The molecule has 0 aliphatic carbocycles. The highest BCUT2D eigenvalue weighted by Crippen LogP contribution is 2.19. The first-order valence-electron chi connectivity index (χ1n) is 7.20. The number of nitrogens with one attached hydrogen (secondary N) is 1. The van der Waals surface area contributed by atoms with Crippen molar-refractivity contribution in [3.05, 3.63) is 22.4 Å². The summed E-state index contributed by atoms with van der Waals surface area (Å²) in [4.78, 5) is 12.2. The number of carbonyl (C=O) groups is 1. The molecule has 0 saturated heterocycles. The summed E-state index contributed by atoms with van der Waals surface area (Å²) in [5.74, 6) is 1.26. The summed E-state index contributed by atoms with van der Waals surface area (Å²) in [6.07, 6.45) is 8.88. The number of nitrogens with zero attached hydrogens (tertiary/aromatic N) is 1. The Hall–Kier alpha value is -0.420. The van der Waals surface area contributed by atoms with Gasteiger partial charge in [-0.25, -0.2) is 0 Å². The summed E-state index contributed by atoms with van der Waals surface area (Å²) in [7, 11) is 0. The Morgan fingerprint density at radius 3 is 2.70 bits per heavy atom. The number of amides is 1. The molecular weight excluding hydrogens is 336 g/mol. The predicted molar refractivity (Wildman–Crippen MR) is 91.7 cm³/mol. The second kappa shape index (κ2) is 9.50. The van der Waals surface area contributed by atoms with Crippen LogP contribution in [0.25, 0.3) is 0 Å². The van der Waals surface area contributed by atoms with E-state index in [0.717, 1.165) is 23.1 Å². The number of hydrogen-bond donors (Lipinski definition) is 1. The molecule has 3 nitrogen and oxygen atoms in total. The third-order valence-electron chi connectivity index (χ3n) is 3.16. The van der Waals surface area contributed by atoms with Gasteiger partial charge < -0.3 is 9.88 Å². The van der Waals surface area contributed by atoms with E-state index in [2.05, 4.69) is 41.3 Å². The lowest BCUT2D eigenvalue weighted by Gasteiger charge is -2.12. The van der Waals surface area contributed by atoms with Gasteiger partial charge in [-0.15, -0.1) is 0 Å². The topological polar surface area (TPSA) is 34.0 Å². The summed E-state index contributed by atoms with van der Waals surface area (Å²) in [6.45, 7) is 4.92. The van der Waals surface area contributed by atoms with E-state index in [0.29, 0.717) is 0 Å². The van der Waals surface area contributed by atoms with Crippen molar-refractivity contribution in [2.45, 2.75) is 45.6 Å². The number of rotatable bonds is 9. The highest BCUT2D eigenvalue weighted by molar-refractivity contribution is 9.10. The Balaban J connectivity index is 2.32. The second-order valence-corrected chi connectivity index (χ2v) is 7.11. The molecule has 5 heteroatoms. The molecule has 0 bridgehead atoms. The average Bonchev–Trinajstić information content (AvgIpc) is 2.80. The third kappa shape index (κ3) is 5.92. The molecule has 0 aromatic carbocycles. The smallest absolute Gasteiger partial charge is 0.267 e. The monoisotopic (exact) mass is 360 g/mol. The van der Waals surface area contributed by atoms with Crippen LogP contribution >= 0.6 is 27.7 Å². The zero-order chi connectivity index (χ0) is 15.0. The first-order valence-corrected chi connectivity index (χ1v) is 9.39. The van der Waals surface area contributed by atoms with Gasteiger partial charge in [0.2, 0.25) is 0 Å². The maximum Gasteiger partial charge on any atom is 0.267 e.